The highest BCUT2D eigenvalue weighted by Gasteiger charge is 2.33. The van der Waals surface area contributed by atoms with E-state index in [0.29, 0.717) is 6.54 Å². The van der Waals surface area contributed by atoms with Crippen LogP contribution in [0.1, 0.15) is 57.4 Å². The van der Waals surface area contributed by atoms with Gasteiger partial charge >= 0.3 is 0 Å². The number of hydrogen-bond donors (Lipinski definition) is 2. The van der Waals surface area contributed by atoms with Gasteiger partial charge in [-0.25, -0.2) is 0 Å². The molecule has 0 bridgehead atoms. The van der Waals surface area contributed by atoms with Gasteiger partial charge < -0.3 is 15.3 Å². The smallest absolute Gasteiger partial charge is 0.223 e. The minimum absolute atomic E-state index is 0.0477. The lowest BCUT2D eigenvalue weighted by molar-refractivity contribution is -0.126. The molecule has 1 aromatic rings. The van der Waals surface area contributed by atoms with Crippen LogP contribution in [0.25, 0.3) is 0 Å². The number of nitrogens with one attached hydrogen (secondary N) is 1. The minimum atomic E-state index is -0.765. The van der Waals surface area contributed by atoms with Crippen LogP contribution >= 0.6 is 0 Å². The van der Waals surface area contributed by atoms with Crippen molar-refractivity contribution in [3.63, 3.8) is 0 Å². The van der Waals surface area contributed by atoms with Gasteiger partial charge in [-0.1, -0.05) is 31.9 Å². The van der Waals surface area contributed by atoms with Gasteiger partial charge in [-0.3, -0.25) is 4.79 Å². The van der Waals surface area contributed by atoms with E-state index in [1.165, 1.54) is 18.5 Å². The summed E-state index contributed by atoms with van der Waals surface area (Å²) in [4.78, 5) is 14.5. The third-order valence-corrected chi connectivity index (χ3v) is 5.60. The highest BCUT2D eigenvalue weighted by molar-refractivity contribution is 5.77. The normalized spacial score (nSPS) is 21.0. The largest absolute Gasteiger partial charge is 0.389 e. The van der Waals surface area contributed by atoms with E-state index in [2.05, 4.69) is 41.4 Å². The molecule has 0 radical (unpaired) electrons. The Balaban J connectivity index is 1.46. The molecule has 0 aromatic heterocycles. The van der Waals surface area contributed by atoms with E-state index in [0.717, 1.165) is 50.3 Å². The van der Waals surface area contributed by atoms with Crippen LogP contribution < -0.4 is 10.2 Å². The number of carbonyl (C=O) groups is 1. The predicted molar refractivity (Wildman–Crippen MR) is 96.9 cm³/mol. The quantitative estimate of drug-likeness (QED) is 0.871. The van der Waals surface area contributed by atoms with Crippen LogP contribution in [0.3, 0.4) is 0 Å². The van der Waals surface area contributed by atoms with E-state index in [9.17, 15) is 9.90 Å². The minimum Gasteiger partial charge on any atom is -0.389 e. The van der Waals surface area contributed by atoms with Gasteiger partial charge in [-0.15, -0.1) is 0 Å². The molecule has 4 nitrogen and oxygen atoms in total. The van der Waals surface area contributed by atoms with Gasteiger partial charge in [0.15, 0.2) is 0 Å². The number of anilines is 1. The zero-order chi connectivity index (χ0) is 17.0. The summed E-state index contributed by atoms with van der Waals surface area (Å²) in [5, 5.41) is 13.2. The van der Waals surface area contributed by atoms with Crippen molar-refractivity contribution in [3.05, 3.63) is 29.8 Å². The molecule has 1 heterocycles. The summed E-state index contributed by atoms with van der Waals surface area (Å²) in [6.07, 6.45) is 6.33. The van der Waals surface area contributed by atoms with Gasteiger partial charge in [-0.05, 0) is 49.3 Å². The van der Waals surface area contributed by atoms with Crippen LogP contribution in [-0.4, -0.2) is 29.7 Å². The topological polar surface area (TPSA) is 52.6 Å². The van der Waals surface area contributed by atoms with E-state index in [4.69, 9.17) is 0 Å². The number of aliphatic hydroxyl groups is 1. The maximum atomic E-state index is 12.0. The van der Waals surface area contributed by atoms with Gasteiger partial charge in [0.25, 0.3) is 0 Å². The number of carbonyl (C=O) groups excluding carboxylic acids is 1. The molecule has 1 aliphatic heterocycles. The molecule has 2 fully saturated rings. The number of amides is 1. The first-order chi connectivity index (χ1) is 11.5. The molecule has 0 unspecified atom stereocenters. The van der Waals surface area contributed by atoms with E-state index in [1.54, 1.807) is 0 Å². The van der Waals surface area contributed by atoms with Crippen LogP contribution in [-0.2, 0) is 11.3 Å². The molecule has 4 heteroatoms. The Morgan fingerprint density at radius 3 is 2.46 bits per heavy atom. The van der Waals surface area contributed by atoms with Crippen molar-refractivity contribution in [2.45, 2.75) is 64.0 Å². The molecule has 2 N–H and O–H groups in total. The second-order valence-corrected chi connectivity index (χ2v) is 7.72. The summed E-state index contributed by atoms with van der Waals surface area (Å²) in [7, 11) is 0. The molecule has 1 saturated heterocycles. The van der Waals surface area contributed by atoms with Crippen molar-refractivity contribution in [3.8, 4) is 0 Å². The maximum absolute atomic E-state index is 12.0. The number of hydrogen-bond acceptors (Lipinski definition) is 3. The first kappa shape index (κ1) is 17.3. The van der Waals surface area contributed by atoms with Crippen molar-refractivity contribution in [2.75, 3.05) is 18.0 Å². The maximum Gasteiger partial charge on any atom is 0.223 e. The van der Waals surface area contributed by atoms with E-state index in [1.807, 2.05) is 0 Å². The van der Waals surface area contributed by atoms with Gasteiger partial charge in [0, 0.05) is 25.3 Å². The van der Waals surface area contributed by atoms with Crippen molar-refractivity contribution in [1.82, 2.24) is 5.32 Å². The third kappa shape index (κ3) is 4.50. The average molecular weight is 330 g/mol. The van der Waals surface area contributed by atoms with Crippen LogP contribution in [0, 0.1) is 5.92 Å². The first-order valence-corrected chi connectivity index (χ1v) is 9.37. The Labute approximate surface area is 145 Å². The zero-order valence-corrected chi connectivity index (χ0v) is 14.8. The first-order valence-electron chi connectivity index (χ1n) is 9.37. The lowest BCUT2D eigenvalue weighted by Gasteiger charge is -2.32. The summed E-state index contributed by atoms with van der Waals surface area (Å²) < 4.78 is 0. The Hall–Kier alpha value is -1.55. The zero-order valence-electron chi connectivity index (χ0n) is 14.8. The molecule has 1 aliphatic carbocycles. The van der Waals surface area contributed by atoms with Crippen LogP contribution in [0.5, 0.6) is 0 Å². The molecular formula is C20H30N2O2. The molecule has 1 aromatic carbocycles. The third-order valence-electron chi connectivity index (χ3n) is 5.60. The summed E-state index contributed by atoms with van der Waals surface area (Å²) in [6.45, 7) is 5.13. The van der Waals surface area contributed by atoms with Crippen LogP contribution in [0.2, 0.25) is 0 Å². The summed E-state index contributed by atoms with van der Waals surface area (Å²) in [5.41, 5.74) is 1.62. The molecule has 0 atom stereocenters. The second-order valence-electron chi connectivity index (χ2n) is 7.72. The molecule has 3 rings (SSSR count). The fraction of sp³-hybridized carbons (Fsp3) is 0.650. The van der Waals surface area contributed by atoms with E-state index < -0.39 is 5.60 Å². The predicted octanol–water partition coefficient (Wildman–Crippen LogP) is 3.23. The Morgan fingerprint density at radius 2 is 1.83 bits per heavy atom. The molecular weight excluding hydrogens is 300 g/mol. The summed E-state index contributed by atoms with van der Waals surface area (Å²) >= 11 is 0. The van der Waals surface area contributed by atoms with E-state index in [-0.39, 0.29) is 12.3 Å². The fourth-order valence-electron chi connectivity index (χ4n) is 3.86. The van der Waals surface area contributed by atoms with Crippen molar-refractivity contribution >= 4 is 11.6 Å². The lowest BCUT2D eigenvalue weighted by atomic mass is 9.97. The SMILES string of the molecule is CC1CCN(c2ccc(CNC(=O)CC3(O)CCCC3)cc2)CC1. The second kappa shape index (κ2) is 7.56. The molecule has 132 valence electrons. The Kier molecular flexibility index (Phi) is 5.44. The van der Waals surface area contributed by atoms with Crippen molar-refractivity contribution < 1.29 is 9.90 Å². The fourth-order valence-corrected chi connectivity index (χ4v) is 3.86. The molecule has 24 heavy (non-hydrogen) atoms. The average Bonchev–Trinajstić information content (AvgIpc) is 3.00. The van der Waals surface area contributed by atoms with Crippen molar-refractivity contribution in [1.29, 1.82) is 0 Å². The van der Waals surface area contributed by atoms with Gasteiger partial charge in [0.05, 0.1) is 12.0 Å². The Morgan fingerprint density at radius 1 is 1.21 bits per heavy atom. The Bertz CT molecular complexity index is 541. The lowest BCUT2D eigenvalue weighted by Crippen LogP contribution is -2.34. The number of rotatable bonds is 5. The van der Waals surface area contributed by atoms with Gasteiger partial charge in [0.2, 0.25) is 5.91 Å². The van der Waals surface area contributed by atoms with E-state index >= 15 is 0 Å². The summed E-state index contributed by atoms with van der Waals surface area (Å²) in [6, 6.07) is 8.50. The molecule has 2 aliphatic rings. The highest BCUT2D eigenvalue weighted by Crippen LogP contribution is 2.32. The highest BCUT2D eigenvalue weighted by atomic mass is 16.3. The van der Waals surface area contributed by atoms with Gasteiger partial charge in [-0.2, -0.15) is 0 Å². The van der Waals surface area contributed by atoms with Crippen LogP contribution in [0.15, 0.2) is 24.3 Å². The van der Waals surface area contributed by atoms with Crippen molar-refractivity contribution in [2.24, 2.45) is 5.92 Å². The monoisotopic (exact) mass is 330 g/mol. The van der Waals surface area contributed by atoms with Gasteiger partial charge in [0.1, 0.15) is 0 Å². The molecule has 1 saturated carbocycles. The standard InChI is InChI=1S/C20H30N2O2/c1-16-8-12-22(13-9-16)18-6-4-17(5-7-18)15-21-19(23)14-20(24)10-2-3-11-20/h4-7,16,24H,2-3,8-15H2,1H3,(H,21,23). The van der Waals surface area contributed by atoms with Crippen LogP contribution in [0.4, 0.5) is 5.69 Å². The molecule has 1 amide bonds. The number of nitrogens with zero attached hydrogens (tertiary/aromatic N) is 1. The number of benzene rings is 1. The number of piperidine rings is 1. The molecule has 0 spiro atoms. The summed E-state index contributed by atoms with van der Waals surface area (Å²) in [5.74, 6) is 0.791.